The van der Waals surface area contributed by atoms with Gasteiger partial charge in [-0.2, -0.15) is 0 Å². The first kappa shape index (κ1) is 72.3. The maximum Gasteiger partial charge on any atom is 0.338 e. The van der Waals surface area contributed by atoms with Crippen LogP contribution < -0.4 is 0 Å². The molecule has 17 atom stereocenters. The molecular formula is C85H92O18. The molecular weight excluding hydrogens is 1310 g/mol. The SMILES string of the molecule is C=CCOC(=O)[C@]12CCC(C)(C)C[C@H]1C1=CC[C@@H]3[C@@]4(C)CC[C@H](O[C@@H]5OC[C@H](OC(=O)c6ccccc6)[C@H](OC(=O)c6ccccc6)[C@H]5O[C@@H]5OC[C@@H](OC(=O)c6ccccc6)[C@H](OC(=O)c6ccccc6)[C@H]5OC(=O)c5ccccc5)[C@@](C)(COC(=O)c5ccccc5)[C@@H]4CC[C@@]3(C)[C@]1(C)CC2. The van der Waals surface area contributed by atoms with Gasteiger partial charge in [0.15, 0.2) is 49.2 Å². The number of carbonyl (C=O) groups excluding carboxylic acids is 7. The number of fused-ring (bicyclic) bond motifs is 7. The number of benzene rings is 6. The molecule has 0 unspecified atom stereocenters. The van der Waals surface area contributed by atoms with E-state index in [2.05, 4.69) is 54.2 Å². The Bertz CT molecular complexity index is 4080. The van der Waals surface area contributed by atoms with E-state index >= 15 is 0 Å². The smallest absolute Gasteiger partial charge is 0.338 e. The van der Waals surface area contributed by atoms with Crippen molar-refractivity contribution in [3.8, 4) is 0 Å². The normalized spacial score (nSPS) is 32.6. The zero-order valence-electron chi connectivity index (χ0n) is 59.4. The van der Waals surface area contributed by atoms with Crippen LogP contribution in [0.4, 0.5) is 0 Å². The summed E-state index contributed by atoms with van der Waals surface area (Å²) in [7, 11) is 0. The second-order valence-electron chi connectivity index (χ2n) is 30.7. The predicted molar refractivity (Wildman–Crippen MR) is 379 cm³/mol. The third kappa shape index (κ3) is 14.3. The lowest BCUT2D eigenvalue weighted by molar-refractivity contribution is -0.356. The van der Waals surface area contributed by atoms with Crippen LogP contribution in [0, 0.1) is 50.2 Å². The van der Waals surface area contributed by atoms with Gasteiger partial charge in [0, 0.05) is 5.41 Å². The Kier molecular flexibility index (Phi) is 21.0. The Morgan fingerprint density at radius 1 is 0.456 bits per heavy atom. The van der Waals surface area contributed by atoms with Gasteiger partial charge >= 0.3 is 41.8 Å². The second kappa shape index (κ2) is 30.0. The van der Waals surface area contributed by atoms with E-state index in [9.17, 15) is 33.6 Å². The highest BCUT2D eigenvalue weighted by molar-refractivity contribution is 5.92. The van der Waals surface area contributed by atoms with Crippen molar-refractivity contribution in [2.45, 2.75) is 161 Å². The van der Waals surface area contributed by atoms with E-state index in [-0.39, 0.29) is 81.0 Å². The molecule has 0 bridgehead atoms. The van der Waals surface area contributed by atoms with Crippen molar-refractivity contribution in [1.82, 2.24) is 0 Å². The lowest BCUT2D eigenvalue weighted by Gasteiger charge is -2.71. The molecule has 4 saturated carbocycles. The number of hydrogen-bond acceptors (Lipinski definition) is 18. The van der Waals surface area contributed by atoms with Gasteiger partial charge in [-0.05, 0) is 176 Å². The number of rotatable bonds is 20. The average Bonchev–Trinajstić information content (AvgIpc) is 0.675. The highest BCUT2D eigenvalue weighted by Crippen LogP contribution is 2.76. The van der Waals surface area contributed by atoms with E-state index in [1.165, 1.54) is 29.8 Å². The molecule has 0 amide bonds. The topological polar surface area (TPSA) is 221 Å². The van der Waals surface area contributed by atoms with Crippen molar-refractivity contribution in [1.29, 1.82) is 0 Å². The summed E-state index contributed by atoms with van der Waals surface area (Å²) in [6.07, 6.45) is -2.24. The average molecular weight is 1400 g/mol. The molecule has 5 aliphatic carbocycles. The minimum Gasteiger partial charge on any atom is -0.461 e. The lowest BCUT2D eigenvalue weighted by Crippen LogP contribution is -2.67. The zero-order valence-corrected chi connectivity index (χ0v) is 59.4. The van der Waals surface area contributed by atoms with Gasteiger partial charge in [-0.3, -0.25) is 4.79 Å². The summed E-state index contributed by atoms with van der Waals surface area (Å²) in [5.74, 6) is -4.88. The van der Waals surface area contributed by atoms with E-state index in [1.807, 2.05) is 6.07 Å². The first-order valence-electron chi connectivity index (χ1n) is 36.1. The Balaban J connectivity index is 0.904. The highest BCUT2D eigenvalue weighted by Gasteiger charge is 2.71. The molecule has 6 fully saturated rings. The molecule has 540 valence electrons. The molecule has 6 aromatic rings. The summed E-state index contributed by atoms with van der Waals surface area (Å²) in [5, 5.41) is 0. The summed E-state index contributed by atoms with van der Waals surface area (Å²) in [5.41, 5.74) is -0.108. The first-order chi connectivity index (χ1) is 49.6. The number of carbonyl (C=O) groups is 7. The summed E-state index contributed by atoms with van der Waals surface area (Å²) >= 11 is 0. The molecule has 0 N–H and O–H groups in total. The fraction of sp³-hybridized carbons (Fsp3) is 0.447. The van der Waals surface area contributed by atoms with Gasteiger partial charge in [-0.15, -0.1) is 0 Å². The summed E-state index contributed by atoms with van der Waals surface area (Å²) in [6.45, 7) is 17.1. The van der Waals surface area contributed by atoms with Gasteiger partial charge in [-0.1, -0.05) is 175 Å². The van der Waals surface area contributed by atoms with Crippen molar-refractivity contribution < 1.29 is 85.7 Å². The third-order valence-electron chi connectivity index (χ3n) is 24.3. The molecule has 7 aliphatic rings. The Morgan fingerprint density at radius 3 is 1.36 bits per heavy atom. The van der Waals surface area contributed by atoms with Gasteiger partial charge in [0.2, 0.25) is 0 Å². The summed E-state index contributed by atoms with van der Waals surface area (Å²) in [4.78, 5) is 102. The molecule has 2 heterocycles. The highest BCUT2D eigenvalue weighted by atomic mass is 16.8. The number of hydrogen-bond donors (Lipinski definition) is 0. The van der Waals surface area contributed by atoms with E-state index in [0.717, 1.165) is 38.5 Å². The minimum atomic E-state index is -1.80. The third-order valence-corrected chi connectivity index (χ3v) is 24.3. The fourth-order valence-corrected chi connectivity index (χ4v) is 18.6. The number of esters is 7. The standard InChI is InChI=1S/C85H92O18/c1-8-49-93-79(92)85-47-45-80(2,3)50-61(85)60-39-40-65-81(4)43-42-66(82(5,53-96-71(86)54-27-15-9-16-28-54)64(81)41-44-84(65,7)83(60,6)46-48-85)99-77-70(68(101-75(90)58-35-23-13-24-36-58)63(51-94-77)98-73(88)56-31-19-11-20-32-56)103-78-69(102-76(91)59-37-25-14-26-38-59)67(100-74(89)57-33-21-12-22-34-57)62(52-95-78)97-72(87)55-29-17-10-18-30-55/h8-39,61-70,77-78H,1,40-53H2,2-7H3/t61-,62+,63-,64+,65+,66-,67-,68-,69+,70+,77-,78-,81-,82-,83+,84+,85-/m0/s1. The van der Waals surface area contributed by atoms with Gasteiger partial charge < -0.3 is 52.1 Å². The Hall–Kier alpha value is -9.07. The minimum absolute atomic E-state index is 0.00400. The molecule has 0 radical (unpaired) electrons. The molecule has 2 aliphatic heterocycles. The summed E-state index contributed by atoms with van der Waals surface area (Å²) in [6, 6.07) is 49.7. The van der Waals surface area contributed by atoms with E-state index in [1.54, 1.807) is 158 Å². The Morgan fingerprint density at radius 2 is 0.883 bits per heavy atom. The van der Waals surface area contributed by atoms with Crippen LogP contribution in [0.3, 0.4) is 0 Å². The largest absolute Gasteiger partial charge is 0.461 e. The summed E-state index contributed by atoms with van der Waals surface area (Å²) < 4.78 is 73.0. The van der Waals surface area contributed by atoms with Crippen LogP contribution in [0.5, 0.6) is 0 Å². The van der Waals surface area contributed by atoms with Gasteiger partial charge in [0.1, 0.15) is 6.61 Å². The maximum atomic E-state index is 14.9. The predicted octanol–water partition coefficient (Wildman–Crippen LogP) is 15.0. The lowest BCUT2D eigenvalue weighted by atomic mass is 9.33. The quantitative estimate of drug-likeness (QED) is 0.0300. The number of ether oxygens (including phenoxy) is 11. The monoisotopic (exact) mass is 1400 g/mol. The van der Waals surface area contributed by atoms with Crippen LogP contribution in [0.15, 0.2) is 206 Å². The van der Waals surface area contributed by atoms with Crippen molar-refractivity contribution >= 4 is 41.8 Å². The fourth-order valence-electron chi connectivity index (χ4n) is 18.6. The second-order valence-corrected chi connectivity index (χ2v) is 30.7. The van der Waals surface area contributed by atoms with Crippen molar-refractivity contribution in [3.63, 3.8) is 0 Å². The number of allylic oxidation sites excluding steroid dienone is 2. The molecule has 103 heavy (non-hydrogen) atoms. The van der Waals surface area contributed by atoms with Crippen LogP contribution in [0.1, 0.15) is 168 Å². The maximum absolute atomic E-state index is 14.9. The molecule has 18 heteroatoms. The van der Waals surface area contributed by atoms with Gasteiger partial charge in [-0.25, -0.2) is 28.8 Å². The van der Waals surface area contributed by atoms with Crippen LogP contribution in [-0.2, 0) is 56.9 Å². The molecule has 13 rings (SSSR count). The molecule has 2 saturated heterocycles. The Labute approximate surface area is 602 Å². The van der Waals surface area contributed by atoms with E-state index in [0.29, 0.717) is 31.2 Å². The first-order valence-corrected chi connectivity index (χ1v) is 36.1. The van der Waals surface area contributed by atoms with Gasteiger partial charge in [0.25, 0.3) is 0 Å². The van der Waals surface area contributed by atoms with Crippen molar-refractivity contribution in [2.75, 3.05) is 26.4 Å². The van der Waals surface area contributed by atoms with Crippen molar-refractivity contribution in [2.24, 2.45) is 50.2 Å². The van der Waals surface area contributed by atoms with Crippen molar-refractivity contribution in [3.05, 3.63) is 240 Å². The molecule has 0 spiro atoms. The molecule has 0 aromatic heterocycles. The van der Waals surface area contributed by atoms with E-state index < -0.39 is 121 Å². The van der Waals surface area contributed by atoms with Crippen LogP contribution in [0.25, 0.3) is 0 Å². The van der Waals surface area contributed by atoms with Gasteiger partial charge in [0.05, 0.1) is 64.7 Å². The van der Waals surface area contributed by atoms with E-state index in [4.69, 9.17) is 52.1 Å². The van der Waals surface area contributed by atoms with Crippen LogP contribution in [0.2, 0.25) is 0 Å². The van der Waals surface area contributed by atoms with Crippen LogP contribution >= 0.6 is 0 Å². The van der Waals surface area contributed by atoms with Crippen LogP contribution in [-0.4, -0.2) is 124 Å². The zero-order chi connectivity index (χ0) is 72.3. The molecule has 6 aromatic carbocycles. The molecule has 18 nitrogen and oxygen atoms in total.